The molecule has 1 atom stereocenters. The first-order valence-electron chi connectivity index (χ1n) is 6.16. The molecule has 0 aliphatic rings. The van der Waals surface area contributed by atoms with Crippen molar-refractivity contribution >= 4 is 22.6 Å². The molecule has 0 aromatic heterocycles. The highest BCUT2D eigenvalue weighted by Gasteiger charge is 2.81. The normalized spacial score (nSPS) is 15.5. The Morgan fingerprint density at radius 3 is 1.71 bits per heavy atom. The summed E-state index contributed by atoms with van der Waals surface area (Å²) >= 11 is 1.86. The molecule has 1 aromatic carbocycles. The van der Waals surface area contributed by atoms with Crippen LogP contribution in [0.3, 0.4) is 0 Å². The summed E-state index contributed by atoms with van der Waals surface area (Å²) in [5, 5.41) is 0. The van der Waals surface area contributed by atoms with Crippen molar-refractivity contribution in [3.8, 4) is 0 Å². The van der Waals surface area contributed by atoms with Crippen molar-refractivity contribution in [2.45, 2.75) is 36.5 Å². The van der Waals surface area contributed by atoms with E-state index in [1.165, 1.54) is 24.3 Å². The van der Waals surface area contributed by atoms with E-state index >= 15 is 0 Å². The van der Waals surface area contributed by atoms with Crippen LogP contribution in [0.5, 0.6) is 0 Å². The first-order valence-corrected chi connectivity index (χ1v) is 7.23. The van der Waals surface area contributed by atoms with Crippen molar-refractivity contribution in [2.24, 2.45) is 0 Å². The monoisotopic (exact) mass is 480 g/mol. The molecule has 0 bridgehead atoms. The van der Waals surface area contributed by atoms with Crippen LogP contribution in [-0.2, 0) is 4.74 Å². The lowest BCUT2D eigenvalue weighted by Gasteiger charge is -2.35. The lowest BCUT2D eigenvalue weighted by atomic mass is 9.95. The Morgan fingerprint density at radius 1 is 0.875 bits per heavy atom. The summed E-state index contributed by atoms with van der Waals surface area (Å²) in [6.07, 6.45) is -10.7. The van der Waals surface area contributed by atoms with Crippen LogP contribution >= 0.6 is 22.6 Å². The van der Waals surface area contributed by atoms with Gasteiger partial charge in [-0.2, -0.15) is 39.5 Å². The van der Waals surface area contributed by atoms with Gasteiger partial charge in [0.15, 0.2) is 0 Å². The second kappa shape index (κ2) is 6.89. The minimum atomic E-state index is -6.89. The number of ether oxygens (including phenoxy) is 1. The first kappa shape index (κ1) is 21.3. The highest BCUT2D eigenvalue weighted by molar-refractivity contribution is 14.1. The Hall–Kier alpha value is -0.720. The lowest BCUT2D eigenvalue weighted by molar-refractivity contribution is -0.398. The van der Waals surface area contributed by atoms with E-state index in [2.05, 4.69) is 4.74 Å². The van der Waals surface area contributed by atoms with E-state index in [0.29, 0.717) is 3.57 Å². The molecule has 1 unspecified atom stereocenters. The summed E-state index contributed by atoms with van der Waals surface area (Å²) in [5.41, 5.74) is -0.0660. The van der Waals surface area contributed by atoms with E-state index in [9.17, 15) is 39.5 Å². The van der Waals surface area contributed by atoms with Crippen LogP contribution in [-0.4, -0.2) is 31.1 Å². The van der Waals surface area contributed by atoms with E-state index in [-0.39, 0.29) is 5.56 Å². The smallest absolute Gasteiger partial charge is 0.377 e. The number of hydrogen-bond acceptors (Lipinski definition) is 1. The van der Waals surface area contributed by atoms with Crippen molar-refractivity contribution in [1.82, 2.24) is 0 Å². The Labute approximate surface area is 144 Å². The summed E-state index contributed by atoms with van der Waals surface area (Å²) < 4.78 is 121. The Kier molecular flexibility index (Phi) is 6.12. The topological polar surface area (TPSA) is 9.23 Å². The number of rotatable bonds is 6. The molecular formula is C13H10F9IO. The Bertz CT molecular complexity index is 554. The molecule has 0 amide bonds. The SMILES string of the molecule is COC(CC(F)(F)C(F)(F)C(F)(F)C(F)(F)F)c1ccc(I)cc1. The van der Waals surface area contributed by atoms with Gasteiger partial charge in [0.2, 0.25) is 0 Å². The average Bonchev–Trinajstić information content (AvgIpc) is 2.44. The fourth-order valence-electron chi connectivity index (χ4n) is 1.78. The minimum absolute atomic E-state index is 0.0660. The molecule has 0 radical (unpaired) electrons. The minimum Gasteiger partial charge on any atom is -0.377 e. The van der Waals surface area contributed by atoms with Gasteiger partial charge in [-0.15, -0.1) is 0 Å². The summed E-state index contributed by atoms with van der Waals surface area (Å²) in [4.78, 5) is 0. The predicted molar refractivity (Wildman–Crippen MR) is 74.4 cm³/mol. The zero-order chi connectivity index (χ0) is 19.0. The van der Waals surface area contributed by atoms with Crippen LogP contribution in [0.25, 0.3) is 0 Å². The van der Waals surface area contributed by atoms with Gasteiger partial charge in [-0.1, -0.05) is 12.1 Å². The van der Waals surface area contributed by atoms with Gasteiger partial charge in [0, 0.05) is 17.1 Å². The largest absolute Gasteiger partial charge is 0.460 e. The fraction of sp³-hybridized carbons (Fsp3) is 0.538. The first-order chi connectivity index (χ1) is 10.7. The third kappa shape index (κ3) is 3.92. The number of methoxy groups -OCH3 is 1. The Morgan fingerprint density at radius 2 is 1.33 bits per heavy atom. The van der Waals surface area contributed by atoms with E-state index < -0.39 is 36.5 Å². The molecule has 0 saturated heterocycles. The van der Waals surface area contributed by atoms with E-state index in [1.807, 2.05) is 22.6 Å². The van der Waals surface area contributed by atoms with Gasteiger partial charge >= 0.3 is 23.9 Å². The summed E-state index contributed by atoms with van der Waals surface area (Å²) in [7, 11) is 0.846. The van der Waals surface area contributed by atoms with Gasteiger partial charge in [0.05, 0.1) is 6.10 Å². The number of hydrogen-bond donors (Lipinski definition) is 0. The highest BCUT2D eigenvalue weighted by atomic mass is 127. The summed E-state index contributed by atoms with van der Waals surface area (Å²) in [6.45, 7) is 0. The van der Waals surface area contributed by atoms with Crippen molar-refractivity contribution in [2.75, 3.05) is 7.11 Å². The highest BCUT2D eigenvalue weighted by Crippen LogP contribution is 2.55. The maximum atomic E-state index is 13.6. The molecule has 11 heteroatoms. The number of alkyl halides is 9. The van der Waals surface area contributed by atoms with Gasteiger partial charge in [-0.3, -0.25) is 0 Å². The van der Waals surface area contributed by atoms with Gasteiger partial charge in [-0.25, -0.2) is 0 Å². The van der Waals surface area contributed by atoms with Crippen LogP contribution < -0.4 is 0 Å². The third-order valence-electron chi connectivity index (χ3n) is 3.18. The molecular weight excluding hydrogens is 470 g/mol. The number of halogens is 10. The van der Waals surface area contributed by atoms with Crippen LogP contribution in [0.1, 0.15) is 18.1 Å². The lowest BCUT2D eigenvalue weighted by Crippen LogP contribution is -2.61. The second-order valence-electron chi connectivity index (χ2n) is 4.83. The summed E-state index contributed by atoms with van der Waals surface area (Å²) in [5.74, 6) is -19.2. The zero-order valence-electron chi connectivity index (χ0n) is 11.8. The Balaban J connectivity index is 3.15. The molecule has 0 heterocycles. The van der Waals surface area contributed by atoms with Crippen LogP contribution in [0.15, 0.2) is 24.3 Å². The van der Waals surface area contributed by atoms with E-state index in [1.54, 1.807) is 0 Å². The van der Waals surface area contributed by atoms with Crippen LogP contribution in [0.4, 0.5) is 39.5 Å². The van der Waals surface area contributed by atoms with Crippen molar-refractivity contribution < 1.29 is 44.3 Å². The molecule has 0 aliphatic carbocycles. The number of benzene rings is 1. The van der Waals surface area contributed by atoms with Gasteiger partial charge in [0.1, 0.15) is 0 Å². The van der Waals surface area contributed by atoms with E-state index in [4.69, 9.17) is 0 Å². The quantitative estimate of drug-likeness (QED) is 0.368. The molecule has 138 valence electrons. The maximum absolute atomic E-state index is 13.6. The van der Waals surface area contributed by atoms with Gasteiger partial charge in [-0.05, 0) is 40.3 Å². The average molecular weight is 480 g/mol. The van der Waals surface area contributed by atoms with Crippen LogP contribution in [0.2, 0.25) is 0 Å². The molecule has 1 aromatic rings. The molecule has 1 rings (SSSR count). The van der Waals surface area contributed by atoms with Gasteiger partial charge in [0.25, 0.3) is 0 Å². The van der Waals surface area contributed by atoms with Crippen molar-refractivity contribution in [3.63, 3.8) is 0 Å². The predicted octanol–water partition coefficient (Wildman–Crippen LogP) is 5.84. The molecule has 0 N–H and O–H groups in total. The van der Waals surface area contributed by atoms with Crippen LogP contribution in [0, 0.1) is 3.57 Å². The van der Waals surface area contributed by atoms with Gasteiger partial charge < -0.3 is 4.74 Å². The second-order valence-corrected chi connectivity index (χ2v) is 6.08. The molecule has 0 aliphatic heterocycles. The molecule has 0 fully saturated rings. The molecule has 1 nitrogen and oxygen atoms in total. The fourth-order valence-corrected chi connectivity index (χ4v) is 2.14. The summed E-state index contributed by atoms with van der Waals surface area (Å²) in [6, 6.07) is 5.24. The standard InChI is InChI=1S/C13H10F9IO/c1-24-9(7-2-4-8(23)5-3-7)6-10(14,15)11(16,17)12(18,19)13(20,21)22/h2-5,9H,6H2,1H3. The third-order valence-corrected chi connectivity index (χ3v) is 3.90. The molecule has 0 spiro atoms. The zero-order valence-corrected chi connectivity index (χ0v) is 13.9. The van der Waals surface area contributed by atoms with E-state index in [0.717, 1.165) is 7.11 Å². The maximum Gasteiger partial charge on any atom is 0.460 e. The van der Waals surface area contributed by atoms with Crippen molar-refractivity contribution in [1.29, 1.82) is 0 Å². The molecule has 24 heavy (non-hydrogen) atoms. The molecule has 0 saturated carbocycles. The van der Waals surface area contributed by atoms with Crippen molar-refractivity contribution in [3.05, 3.63) is 33.4 Å².